The molecule has 2 atom stereocenters. The van der Waals surface area contributed by atoms with E-state index in [1.165, 1.54) is 24.5 Å². The molecule has 0 saturated heterocycles. The molecule has 2 amide bonds. The van der Waals surface area contributed by atoms with Gasteiger partial charge in [0.2, 0.25) is 0 Å². The molecule has 7 nitrogen and oxygen atoms in total. The summed E-state index contributed by atoms with van der Waals surface area (Å²) in [5, 5.41) is 24.1. The number of hydroxylamine groups is 1. The third-order valence-electron chi connectivity index (χ3n) is 5.19. The summed E-state index contributed by atoms with van der Waals surface area (Å²) in [4.78, 5) is 23.9. The summed E-state index contributed by atoms with van der Waals surface area (Å²) < 4.78 is 13.0. The van der Waals surface area contributed by atoms with Gasteiger partial charge in [0.1, 0.15) is 11.9 Å². The highest BCUT2D eigenvalue weighted by atomic mass is 19.1. The SMILES string of the molecule is C.C[C@@H](O)[C@H](NC(=O)c1ccc(C#Cc2ccc(CNCc3ccc(F)cc3)cc2)cc1)C(=O)NO. The van der Waals surface area contributed by atoms with Crippen LogP contribution < -0.4 is 16.1 Å². The Labute approximate surface area is 210 Å². The number of carbonyl (C=O) groups excluding carboxylic acids is 2. The molecular weight excluding hydrogens is 461 g/mol. The van der Waals surface area contributed by atoms with Crippen molar-refractivity contribution in [1.29, 1.82) is 0 Å². The van der Waals surface area contributed by atoms with E-state index in [2.05, 4.69) is 22.5 Å². The van der Waals surface area contributed by atoms with Crippen molar-refractivity contribution in [2.75, 3.05) is 0 Å². The zero-order valence-corrected chi connectivity index (χ0v) is 19.1. The predicted octanol–water partition coefficient (Wildman–Crippen LogP) is 3.14. The molecule has 0 unspecified atom stereocenters. The predicted molar refractivity (Wildman–Crippen MR) is 135 cm³/mol. The Balaban J connectivity index is 0.00000456. The van der Waals surface area contributed by atoms with Crippen LogP contribution in [-0.4, -0.2) is 34.3 Å². The number of halogens is 1. The molecule has 0 radical (unpaired) electrons. The van der Waals surface area contributed by atoms with Crippen LogP contribution in [0.3, 0.4) is 0 Å². The third kappa shape index (κ3) is 8.32. The normalized spacial score (nSPS) is 11.8. The Hall–Kier alpha value is -4.03. The van der Waals surface area contributed by atoms with E-state index in [0.29, 0.717) is 18.7 Å². The van der Waals surface area contributed by atoms with E-state index in [1.54, 1.807) is 36.4 Å². The second-order valence-corrected chi connectivity index (χ2v) is 7.92. The number of hydrogen-bond acceptors (Lipinski definition) is 5. The minimum Gasteiger partial charge on any atom is -0.391 e. The maximum absolute atomic E-state index is 13.0. The van der Waals surface area contributed by atoms with Crippen molar-refractivity contribution < 1.29 is 24.3 Å². The van der Waals surface area contributed by atoms with E-state index in [4.69, 9.17) is 5.21 Å². The number of amides is 2. The summed E-state index contributed by atoms with van der Waals surface area (Å²) in [6.07, 6.45) is -1.19. The maximum atomic E-state index is 13.0. The molecule has 0 spiro atoms. The summed E-state index contributed by atoms with van der Waals surface area (Å²) in [5.74, 6) is 4.38. The first-order chi connectivity index (χ1) is 16.9. The molecule has 3 rings (SSSR count). The van der Waals surface area contributed by atoms with Crippen molar-refractivity contribution in [2.45, 2.75) is 39.6 Å². The van der Waals surface area contributed by atoms with E-state index >= 15 is 0 Å². The standard InChI is InChI=1S/C27H26FN3O4.CH4/c1-18(32)25(27(34)31-35)30-26(33)23-12-8-20(9-13-23)3-2-19-4-6-21(7-5-19)16-29-17-22-10-14-24(28)15-11-22;/h4-15,18,25,29,32,35H,16-17H2,1H3,(H,30,33)(H,31,34);1H4/t18-,25+;/m1./s1. The molecule has 0 aliphatic carbocycles. The summed E-state index contributed by atoms with van der Waals surface area (Å²) in [7, 11) is 0. The summed E-state index contributed by atoms with van der Waals surface area (Å²) >= 11 is 0. The highest BCUT2D eigenvalue weighted by Crippen LogP contribution is 2.08. The van der Waals surface area contributed by atoms with Gasteiger partial charge in [-0.05, 0) is 66.6 Å². The van der Waals surface area contributed by atoms with Gasteiger partial charge < -0.3 is 15.7 Å². The van der Waals surface area contributed by atoms with Crippen LogP contribution in [0, 0.1) is 17.7 Å². The van der Waals surface area contributed by atoms with E-state index in [1.807, 2.05) is 24.3 Å². The van der Waals surface area contributed by atoms with Gasteiger partial charge in [-0.2, -0.15) is 0 Å². The Morgan fingerprint density at radius 3 is 1.81 bits per heavy atom. The van der Waals surface area contributed by atoms with Crippen LogP contribution >= 0.6 is 0 Å². The molecule has 0 aliphatic rings. The van der Waals surface area contributed by atoms with Crippen molar-refractivity contribution in [3.05, 3.63) is 106 Å². The first-order valence-corrected chi connectivity index (χ1v) is 10.9. The van der Waals surface area contributed by atoms with Crippen molar-refractivity contribution >= 4 is 11.8 Å². The third-order valence-corrected chi connectivity index (χ3v) is 5.19. The second-order valence-electron chi connectivity index (χ2n) is 7.92. The fraction of sp³-hybridized carbons (Fsp3) is 0.214. The molecule has 0 bridgehead atoms. The van der Waals surface area contributed by atoms with Crippen molar-refractivity contribution in [3.8, 4) is 11.8 Å². The molecule has 0 saturated carbocycles. The van der Waals surface area contributed by atoms with Crippen molar-refractivity contribution in [1.82, 2.24) is 16.1 Å². The largest absolute Gasteiger partial charge is 0.391 e. The molecular formula is C28H30FN3O4. The van der Waals surface area contributed by atoms with E-state index in [0.717, 1.165) is 16.7 Å². The Morgan fingerprint density at radius 2 is 1.33 bits per heavy atom. The first kappa shape index (κ1) is 28.2. The lowest BCUT2D eigenvalue weighted by Crippen LogP contribution is -2.51. The lowest BCUT2D eigenvalue weighted by molar-refractivity contribution is -0.133. The molecule has 0 heterocycles. The average Bonchev–Trinajstić information content (AvgIpc) is 2.87. The quantitative estimate of drug-likeness (QED) is 0.189. The van der Waals surface area contributed by atoms with E-state index in [-0.39, 0.29) is 18.8 Å². The zero-order valence-electron chi connectivity index (χ0n) is 19.1. The van der Waals surface area contributed by atoms with Crippen LogP contribution in [0.5, 0.6) is 0 Å². The van der Waals surface area contributed by atoms with E-state index < -0.39 is 24.0 Å². The van der Waals surface area contributed by atoms with Gasteiger partial charge in [0.05, 0.1) is 6.10 Å². The summed E-state index contributed by atoms with van der Waals surface area (Å²) in [6.45, 7) is 2.64. The van der Waals surface area contributed by atoms with Crippen LogP contribution in [-0.2, 0) is 17.9 Å². The van der Waals surface area contributed by atoms with Crippen LogP contribution in [0.4, 0.5) is 4.39 Å². The molecule has 188 valence electrons. The molecule has 0 aromatic heterocycles. The van der Waals surface area contributed by atoms with Gasteiger partial charge in [-0.1, -0.05) is 43.5 Å². The molecule has 36 heavy (non-hydrogen) atoms. The molecule has 3 aromatic carbocycles. The number of aliphatic hydroxyl groups excluding tert-OH is 1. The van der Waals surface area contributed by atoms with Crippen molar-refractivity contribution in [2.24, 2.45) is 0 Å². The van der Waals surface area contributed by atoms with Gasteiger partial charge in [-0.3, -0.25) is 14.8 Å². The minimum absolute atomic E-state index is 0. The van der Waals surface area contributed by atoms with Crippen LogP contribution in [0.2, 0.25) is 0 Å². The van der Waals surface area contributed by atoms with E-state index in [9.17, 15) is 19.1 Å². The Morgan fingerprint density at radius 1 is 0.861 bits per heavy atom. The van der Waals surface area contributed by atoms with Gasteiger partial charge in [0.25, 0.3) is 11.8 Å². The molecule has 0 aliphatic heterocycles. The number of benzene rings is 3. The van der Waals surface area contributed by atoms with Gasteiger partial charge in [0.15, 0.2) is 0 Å². The molecule has 0 fully saturated rings. The fourth-order valence-electron chi connectivity index (χ4n) is 3.21. The average molecular weight is 492 g/mol. The number of nitrogens with one attached hydrogen (secondary N) is 3. The van der Waals surface area contributed by atoms with Crippen molar-refractivity contribution in [3.63, 3.8) is 0 Å². The monoisotopic (exact) mass is 491 g/mol. The second kappa shape index (κ2) is 13.8. The number of aliphatic hydroxyl groups is 1. The summed E-state index contributed by atoms with van der Waals surface area (Å²) in [6, 6.07) is 19.4. The lowest BCUT2D eigenvalue weighted by Gasteiger charge is -2.19. The van der Waals surface area contributed by atoms with Gasteiger partial charge >= 0.3 is 0 Å². The Bertz CT molecular complexity index is 1200. The van der Waals surface area contributed by atoms with Gasteiger partial charge in [0, 0.05) is 29.8 Å². The molecule has 5 N–H and O–H groups in total. The Kier molecular flexibility index (Phi) is 10.8. The maximum Gasteiger partial charge on any atom is 0.268 e. The topological polar surface area (TPSA) is 111 Å². The van der Waals surface area contributed by atoms with Crippen LogP contribution in [0.15, 0.2) is 72.8 Å². The number of rotatable bonds is 8. The summed E-state index contributed by atoms with van der Waals surface area (Å²) in [5.41, 5.74) is 5.34. The minimum atomic E-state index is -1.28. The highest BCUT2D eigenvalue weighted by Gasteiger charge is 2.25. The van der Waals surface area contributed by atoms with Gasteiger partial charge in [-0.15, -0.1) is 0 Å². The lowest BCUT2D eigenvalue weighted by atomic mass is 10.1. The van der Waals surface area contributed by atoms with Crippen LogP contribution in [0.1, 0.15) is 47.0 Å². The number of carbonyl (C=O) groups is 2. The van der Waals surface area contributed by atoms with Gasteiger partial charge in [-0.25, -0.2) is 9.87 Å². The first-order valence-electron chi connectivity index (χ1n) is 10.9. The molecule has 8 heteroatoms. The smallest absolute Gasteiger partial charge is 0.268 e. The fourth-order valence-corrected chi connectivity index (χ4v) is 3.21. The number of hydrogen-bond donors (Lipinski definition) is 5. The highest BCUT2D eigenvalue weighted by molar-refractivity contribution is 5.97. The van der Waals surface area contributed by atoms with Crippen LogP contribution in [0.25, 0.3) is 0 Å². The molecule has 3 aromatic rings. The zero-order chi connectivity index (χ0) is 25.2.